The van der Waals surface area contributed by atoms with Gasteiger partial charge in [-0.05, 0) is 12.5 Å². The first-order valence-electron chi connectivity index (χ1n) is 9.22. The average molecular weight is 339 g/mol. The van der Waals surface area contributed by atoms with Crippen LogP contribution in [-0.2, 0) is 20.1 Å². The van der Waals surface area contributed by atoms with Crippen molar-refractivity contribution in [3.63, 3.8) is 0 Å². The second-order valence-electron chi connectivity index (χ2n) is 8.62. The molecule has 0 radical (unpaired) electrons. The van der Waals surface area contributed by atoms with Crippen molar-refractivity contribution in [2.75, 3.05) is 26.2 Å². The number of likely N-dealkylation sites (tertiary alicyclic amines) is 2. The van der Waals surface area contributed by atoms with Gasteiger partial charge in [0.25, 0.3) is 0 Å². The Bertz CT molecular complexity index is 735. The zero-order chi connectivity index (χ0) is 17.7. The van der Waals surface area contributed by atoms with Crippen molar-refractivity contribution < 1.29 is 0 Å². The number of aryl methyl sites for hydroxylation is 1. The van der Waals surface area contributed by atoms with Crippen LogP contribution in [0.25, 0.3) is 0 Å². The van der Waals surface area contributed by atoms with Crippen LogP contribution in [0.1, 0.15) is 31.1 Å². The minimum Gasteiger partial charge on any atom is -0.317 e. The second kappa shape index (κ2) is 5.92. The van der Waals surface area contributed by atoms with Crippen LogP contribution in [0.15, 0.2) is 30.3 Å². The number of hydrogen-bond donors (Lipinski definition) is 0. The zero-order valence-corrected chi connectivity index (χ0v) is 15.9. The van der Waals surface area contributed by atoms with Crippen LogP contribution in [0.5, 0.6) is 0 Å². The molecule has 2 fully saturated rings. The van der Waals surface area contributed by atoms with Crippen molar-refractivity contribution in [3.8, 4) is 0 Å². The molecule has 5 nitrogen and oxygen atoms in total. The van der Waals surface area contributed by atoms with E-state index in [2.05, 4.69) is 75.8 Å². The summed E-state index contributed by atoms with van der Waals surface area (Å²) in [5.74, 6) is 2.06. The Kier molecular flexibility index (Phi) is 3.96. The molecule has 0 aliphatic carbocycles. The van der Waals surface area contributed by atoms with E-state index >= 15 is 0 Å². The van der Waals surface area contributed by atoms with Gasteiger partial charge in [0.15, 0.2) is 0 Å². The van der Waals surface area contributed by atoms with E-state index < -0.39 is 0 Å². The van der Waals surface area contributed by atoms with E-state index in [0.717, 1.165) is 37.8 Å². The van der Waals surface area contributed by atoms with E-state index in [9.17, 15) is 0 Å². The minimum absolute atomic E-state index is 0.343. The lowest BCUT2D eigenvalue weighted by Gasteiger charge is -2.31. The van der Waals surface area contributed by atoms with Crippen molar-refractivity contribution in [2.45, 2.75) is 33.9 Å². The van der Waals surface area contributed by atoms with Gasteiger partial charge in [-0.2, -0.15) is 0 Å². The number of rotatable bonds is 4. The molecule has 0 bridgehead atoms. The van der Waals surface area contributed by atoms with Gasteiger partial charge in [0.05, 0.1) is 6.54 Å². The molecule has 4 rings (SSSR count). The topological polar surface area (TPSA) is 37.2 Å². The molecule has 1 aromatic heterocycles. The minimum atomic E-state index is 0.343. The molecule has 2 aliphatic rings. The van der Waals surface area contributed by atoms with Crippen molar-refractivity contribution in [2.24, 2.45) is 17.9 Å². The molecule has 25 heavy (non-hydrogen) atoms. The first kappa shape index (κ1) is 16.7. The molecule has 2 aromatic rings. The van der Waals surface area contributed by atoms with Gasteiger partial charge in [-0.15, -0.1) is 10.2 Å². The predicted octanol–water partition coefficient (Wildman–Crippen LogP) is 2.47. The van der Waals surface area contributed by atoms with E-state index in [0.29, 0.717) is 10.8 Å². The number of aromatic nitrogens is 3. The lowest BCUT2D eigenvalue weighted by Crippen LogP contribution is -2.34. The van der Waals surface area contributed by atoms with Crippen LogP contribution in [-0.4, -0.2) is 50.7 Å². The van der Waals surface area contributed by atoms with Gasteiger partial charge < -0.3 is 4.57 Å². The summed E-state index contributed by atoms with van der Waals surface area (Å²) in [7, 11) is 2.06. The Labute approximate surface area is 150 Å². The Morgan fingerprint density at radius 1 is 0.880 bits per heavy atom. The first-order chi connectivity index (χ1) is 11.9. The molecular weight excluding hydrogens is 310 g/mol. The average Bonchev–Trinajstić information content (AvgIpc) is 3.07. The van der Waals surface area contributed by atoms with Gasteiger partial charge in [-0.1, -0.05) is 44.2 Å². The largest absolute Gasteiger partial charge is 0.317 e. The summed E-state index contributed by atoms with van der Waals surface area (Å²) >= 11 is 0. The Morgan fingerprint density at radius 3 is 1.96 bits per heavy atom. The highest BCUT2D eigenvalue weighted by atomic mass is 15.3. The molecular formula is C20H29N5. The van der Waals surface area contributed by atoms with E-state index in [1.165, 1.54) is 18.7 Å². The van der Waals surface area contributed by atoms with Crippen molar-refractivity contribution in [3.05, 3.63) is 47.5 Å². The van der Waals surface area contributed by atoms with E-state index in [1.54, 1.807) is 0 Å². The van der Waals surface area contributed by atoms with Gasteiger partial charge in [0, 0.05) is 50.6 Å². The fourth-order valence-electron chi connectivity index (χ4n) is 4.80. The Hall–Kier alpha value is -1.72. The van der Waals surface area contributed by atoms with Crippen LogP contribution in [0.4, 0.5) is 0 Å². The summed E-state index contributed by atoms with van der Waals surface area (Å²) in [5, 5.41) is 8.55. The van der Waals surface area contributed by atoms with Crippen LogP contribution in [0.3, 0.4) is 0 Å². The summed E-state index contributed by atoms with van der Waals surface area (Å²) < 4.78 is 2.11. The third-order valence-electron chi connectivity index (χ3n) is 6.54. The molecule has 2 saturated heterocycles. The van der Waals surface area contributed by atoms with Crippen LogP contribution in [0, 0.1) is 17.8 Å². The molecule has 2 aliphatic heterocycles. The molecule has 0 N–H and O–H groups in total. The maximum atomic E-state index is 4.35. The SMILES string of the molecule is Cc1nnc(CN2CC3(C)CN(Cc4ccccc4)CC3(C)C2)n1C. The molecule has 2 atom stereocenters. The zero-order valence-electron chi connectivity index (χ0n) is 15.9. The van der Waals surface area contributed by atoms with Gasteiger partial charge in [0.2, 0.25) is 0 Å². The number of hydrogen-bond acceptors (Lipinski definition) is 4. The molecule has 2 unspecified atom stereocenters. The summed E-state index contributed by atoms with van der Waals surface area (Å²) in [6, 6.07) is 10.8. The standard InChI is InChI=1S/C20H29N5/c1-16-21-22-18(23(16)4)11-25-14-19(2)12-24(13-20(19,3)15-25)10-17-8-6-5-7-9-17/h5-9H,10-15H2,1-4H3. The van der Waals surface area contributed by atoms with Crippen molar-refractivity contribution >= 4 is 0 Å². The molecule has 134 valence electrons. The Morgan fingerprint density at radius 2 is 1.44 bits per heavy atom. The molecule has 5 heteroatoms. The molecule has 0 amide bonds. The Balaban J connectivity index is 1.44. The lowest BCUT2D eigenvalue weighted by atomic mass is 9.71. The van der Waals surface area contributed by atoms with Gasteiger partial charge in [-0.3, -0.25) is 9.80 Å². The smallest absolute Gasteiger partial charge is 0.146 e. The summed E-state index contributed by atoms with van der Waals surface area (Å²) in [6.07, 6.45) is 0. The fourth-order valence-corrected chi connectivity index (χ4v) is 4.80. The number of nitrogens with zero attached hydrogens (tertiary/aromatic N) is 5. The third-order valence-corrected chi connectivity index (χ3v) is 6.54. The monoisotopic (exact) mass is 339 g/mol. The van der Waals surface area contributed by atoms with E-state index in [1.807, 2.05) is 6.92 Å². The van der Waals surface area contributed by atoms with Crippen molar-refractivity contribution in [1.82, 2.24) is 24.6 Å². The lowest BCUT2D eigenvalue weighted by molar-refractivity contribution is 0.212. The predicted molar refractivity (Wildman–Crippen MR) is 99.0 cm³/mol. The highest BCUT2D eigenvalue weighted by molar-refractivity contribution is 5.17. The van der Waals surface area contributed by atoms with Gasteiger partial charge >= 0.3 is 0 Å². The molecule has 0 spiro atoms. The highest BCUT2D eigenvalue weighted by Gasteiger charge is 2.57. The summed E-state index contributed by atoms with van der Waals surface area (Å²) in [6.45, 7) is 13.6. The second-order valence-corrected chi connectivity index (χ2v) is 8.62. The summed E-state index contributed by atoms with van der Waals surface area (Å²) in [4.78, 5) is 5.21. The maximum absolute atomic E-state index is 4.35. The van der Waals surface area contributed by atoms with E-state index in [4.69, 9.17) is 0 Å². The van der Waals surface area contributed by atoms with Gasteiger partial charge in [0.1, 0.15) is 11.6 Å². The fraction of sp³-hybridized carbons (Fsp3) is 0.600. The molecule has 0 saturated carbocycles. The molecule has 1 aromatic carbocycles. The molecule has 3 heterocycles. The highest BCUT2D eigenvalue weighted by Crippen LogP contribution is 2.51. The van der Waals surface area contributed by atoms with Crippen molar-refractivity contribution in [1.29, 1.82) is 0 Å². The summed E-state index contributed by atoms with van der Waals surface area (Å²) in [5.41, 5.74) is 2.10. The number of benzene rings is 1. The van der Waals surface area contributed by atoms with E-state index in [-0.39, 0.29) is 0 Å². The normalized spacial score (nSPS) is 30.1. The quantitative estimate of drug-likeness (QED) is 0.857. The number of fused-ring (bicyclic) bond motifs is 1. The maximum Gasteiger partial charge on any atom is 0.146 e. The van der Waals surface area contributed by atoms with Crippen LogP contribution >= 0.6 is 0 Å². The first-order valence-corrected chi connectivity index (χ1v) is 9.22. The van der Waals surface area contributed by atoms with Crippen LogP contribution < -0.4 is 0 Å². The van der Waals surface area contributed by atoms with Crippen LogP contribution in [0.2, 0.25) is 0 Å². The third kappa shape index (κ3) is 2.89. The van der Waals surface area contributed by atoms with Gasteiger partial charge in [-0.25, -0.2) is 0 Å².